The van der Waals surface area contributed by atoms with E-state index in [1.807, 2.05) is 31.2 Å². The molecule has 1 aromatic carbocycles. The molecule has 164 valence electrons. The van der Waals surface area contributed by atoms with Crippen molar-refractivity contribution in [2.24, 2.45) is 5.92 Å². The molecule has 1 atom stereocenters. The Morgan fingerprint density at radius 3 is 2.58 bits per heavy atom. The van der Waals surface area contributed by atoms with Crippen LogP contribution < -0.4 is 4.90 Å². The molecule has 8 heteroatoms. The third-order valence-corrected chi connectivity index (χ3v) is 7.33. The van der Waals surface area contributed by atoms with Gasteiger partial charge in [-0.05, 0) is 50.7 Å². The number of aryl methyl sites for hydroxylation is 1. The zero-order valence-corrected chi connectivity index (χ0v) is 19.1. The molecule has 0 N–H and O–H groups in total. The third kappa shape index (κ3) is 4.55. The van der Waals surface area contributed by atoms with Crippen molar-refractivity contribution in [2.45, 2.75) is 63.1 Å². The van der Waals surface area contributed by atoms with Crippen molar-refractivity contribution in [1.29, 1.82) is 0 Å². The van der Waals surface area contributed by atoms with Gasteiger partial charge in [0.05, 0.1) is 35.1 Å². The Labute approximate surface area is 187 Å². The van der Waals surface area contributed by atoms with E-state index in [1.165, 1.54) is 12.8 Å². The van der Waals surface area contributed by atoms with Crippen LogP contribution in [0, 0.1) is 12.8 Å². The maximum atomic E-state index is 5.94. The quantitative estimate of drug-likeness (QED) is 0.533. The largest absolute Gasteiger partial charge is 0.376 e. The van der Waals surface area contributed by atoms with Gasteiger partial charge in [-0.15, -0.1) is 10.2 Å². The normalized spacial score (nSPS) is 20.1. The summed E-state index contributed by atoms with van der Waals surface area (Å²) in [6, 6.07) is 8.04. The Bertz CT molecular complexity index is 1040. The van der Waals surface area contributed by atoms with Crippen molar-refractivity contribution >= 4 is 28.7 Å². The maximum absolute atomic E-state index is 5.94. The lowest BCUT2D eigenvalue weighted by atomic mass is 10.00. The third-order valence-electron chi connectivity index (χ3n) is 6.35. The second-order valence-electron chi connectivity index (χ2n) is 8.73. The number of para-hydroxylation sites is 2. The van der Waals surface area contributed by atoms with Gasteiger partial charge in [0, 0.05) is 25.4 Å². The molecule has 3 aromatic rings. The molecular weight excluding hydrogens is 408 g/mol. The molecule has 7 nitrogen and oxygen atoms in total. The van der Waals surface area contributed by atoms with Gasteiger partial charge < -0.3 is 9.64 Å². The summed E-state index contributed by atoms with van der Waals surface area (Å²) < 4.78 is 8.22. The molecule has 0 bridgehead atoms. The van der Waals surface area contributed by atoms with E-state index in [0.29, 0.717) is 0 Å². The standard InChI is InChI=1S/C23H30N6OS/c1-16-9-11-28(12-10-16)22-26-27-23(29(22)14-18-6-5-13-30-18)31-15-21-17(2)24-19-7-3-4-8-20(19)25-21/h3-4,7-8,16,18H,5-6,9-15H2,1-2H3. The van der Waals surface area contributed by atoms with Crippen molar-refractivity contribution < 1.29 is 4.74 Å². The van der Waals surface area contributed by atoms with Crippen molar-refractivity contribution in [3.8, 4) is 0 Å². The van der Waals surface area contributed by atoms with Gasteiger partial charge in [-0.2, -0.15) is 0 Å². The Morgan fingerprint density at radius 1 is 1.06 bits per heavy atom. The number of thioether (sulfide) groups is 1. The zero-order chi connectivity index (χ0) is 21.2. The lowest BCUT2D eigenvalue weighted by molar-refractivity contribution is 0.0951. The molecule has 1 unspecified atom stereocenters. The van der Waals surface area contributed by atoms with Crippen LogP contribution in [0.25, 0.3) is 11.0 Å². The summed E-state index contributed by atoms with van der Waals surface area (Å²) in [5.74, 6) is 2.50. The highest BCUT2D eigenvalue weighted by Gasteiger charge is 2.26. The van der Waals surface area contributed by atoms with Crippen molar-refractivity contribution in [2.75, 3.05) is 24.6 Å². The molecule has 5 rings (SSSR count). The Kier molecular flexibility index (Phi) is 6.09. The van der Waals surface area contributed by atoms with Gasteiger partial charge in [0.15, 0.2) is 5.16 Å². The van der Waals surface area contributed by atoms with Gasteiger partial charge in [-0.3, -0.25) is 4.57 Å². The van der Waals surface area contributed by atoms with Gasteiger partial charge in [-0.1, -0.05) is 30.8 Å². The van der Waals surface area contributed by atoms with Gasteiger partial charge in [0.25, 0.3) is 0 Å². The van der Waals surface area contributed by atoms with E-state index in [1.54, 1.807) is 11.8 Å². The highest BCUT2D eigenvalue weighted by atomic mass is 32.2. The summed E-state index contributed by atoms with van der Waals surface area (Å²) in [6.45, 7) is 8.14. The summed E-state index contributed by atoms with van der Waals surface area (Å²) in [4.78, 5) is 12.0. The number of aromatic nitrogens is 5. The van der Waals surface area contributed by atoms with Crippen LogP contribution in [0.5, 0.6) is 0 Å². The first-order chi connectivity index (χ1) is 15.2. The summed E-state index contributed by atoms with van der Waals surface area (Å²) in [5, 5.41) is 10.2. The van der Waals surface area contributed by atoms with E-state index in [9.17, 15) is 0 Å². The number of hydrogen-bond acceptors (Lipinski definition) is 7. The lowest BCUT2D eigenvalue weighted by Gasteiger charge is -2.31. The molecule has 0 aliphatic carbocycles. The van der Waals surface area contributed by atoms with Crippen LogP contribution in [0.2, 0.25) is 0 Å². The van der Waals surface area contributed by atoms with Crippen molar-refractivity contribution in [3.63, 3.8) is 0 Å². The van der Waals surface area contributed by atoms with E-state index < -0.39 is 0 Å². The topological polar surface area (TPSA) is 69.0 Å². The predicted molar refractivity (Wildman–Crippen MR) is 123 cm³/mol. The Morgan fingerprint density at radius 2 is 1.84 bits per heavy atom. The molecule has 0 saturated carbocycles. The number of benzene rings is 1. The fraction of sp³-hybridized carbons (Fsp3) is 0.565. The smallest absolute Gasteiger partial charge is 0.228 e. The molecule has 4 heterocycles. The molecule has 2 fully saturated rings. The van der Waals surface area contributed by atoms with Crippen LogP contribution in [-0.2, 0) is 17.0 Å². The van der Waals surface area contributed by atoms with Gasteiger partial charge >= 0.3 is 0 Å². The summed E-state index contributed by atoms with van der Waals surface area (Å²) in [5.41, 5.74) is 3.86. The van der Waals surface area contributed by atoms with Gasteiger partial charge in [-0.25, -0.2) is 9.97 Å². The van der Waals surface area contributed by atoms with Gasteiger partial charge in [0.1, 0.15) is 0 Å². The molecule has 2 aromatic heterocycles. The number of anilines is 1. The first-order valence-electron chi connectivity index (χ1n) is 11.3. The van der Waals surface area contributed by atoms with Crippen LogP contribution in [0.15, 0.2) is 29.4 Å². The number of ether oxygens (including phenoxy) is 1. The number of fused-ring (bicyclic) bond motifs is 1. The van der Waals surface area contributed by atoms with Crippen LogP contribution in [0.4, 0.5) is 5.95 Å². The van der Waals surface area contributed by atoms with Crippen LogP contribution in [-0.4, -0.2) is 50.5 Å². The first-order valence-corrected chi connectivity index (χ1v) is 12.3. The molecule has 0 amide bonds. The van der Waals surface area contributed by atoms with Crippen molar-refractivity contribution in [1.82, 2.24) is 24.7 Å². The first kappa shape index (κ1) is 20.7. The minimum absolute atomic E-state index is 0.250. The van der Waals surface area contributed by atoms with E-state index >= 15 is 0 Å². The molecular formula is C23H30N6OS. The average molecular weight is 439 g/mol. The molecule has 2 aliphatic rings. The highest BCUT2D eigenvalue weighted by Crippen LogP contribution is 2.30. The Balaban J connectivity index is 1.38. The number of nitrogens with zero attached hydrogens (tertiary/aromatic N) is 6. The second kappa shape index (κ2) is 9.12. The van der Waals surface area contributed by atoms with E-state index in [-0.39, 0.29) is 6.10 Å². The Hall–Kier alpha value is -2.19. The molecule has 2 saturated heterocycles. The summed E-state index contributed by atoms with van der Waals surface area (Å²) in [7, 11) is 0. The zero-order valence-electron chi connectivity index (χ0n) is 18.3. The minimum Gasteiger partial charge on any atom is -0.376 e. The summed E-state index contributed by atoms with van der Waals surface area (Å²) in [6.07, 6.45) is 4.91. The fourth-order valence-electron chi connectivity index (χ4n) is 4.38. The van der Waals surface area contributed by atoms with E-state index in [4.69, 9.17) is 14.7 Å². The molecule has 31 heavy (non-hydrogen) atoms. The minimum atomic E-state index is 0.250. The van der Waals surface area contributed by atoms with E-state index in [2.05, 4.69) is 26.6 Å². The fourth-order valence-corrected chi connectivity index (χ4v) is 5.33. The number of rotatable bonds is 6. The van der Waals surface area contributed by atoms with Crippen LogP contribution in [0.3, 0.4) is 0 Å². The van der Waals surface area contributed by atoms with Gasteiger partial charge in [0.2, 0.25) is 5.95 Å². The predicted octanol–water partition coefficient (Wildman–Crippen LogP) is 4.24. The van der Waals surface area contributed by atoms with Crippen LogP contribution >= 0.6 is 11.8 Å². The lowest BCUT2D eigenvalue weighted by Crippen LogP contribution is -2.35. The summed E-state index contributed by atoms with van der Waals surface area (Å²) >= 11 is 1.70. The average Bonchev–Trinajstić information content (AvgIpc) is 3.43. The van der Waals surface area contributed by atoms with Crippen LogP contribution in [0.1, 0.15) is 44.0 Å². The van der Waals surface area contributed by atoms with E-state index in [0.717, 1.165) is 84.3 Å². The SMILES string of the molecule is Cc1nc2ccccc2nc1CSc1nnc(N2CCC(C)CC2)n1CC1CCCO1. The second-order valence-corrected chi connectivity index (χ2v) is 9.67. The highest BCUT2D eigenvalue weighted by molar-refractivity contribution is 7.98. The monoisotopic (exact) mass is 438 g/mol. The molecule has 0 radical (unpaired) electrons. The molecule has 0 spiro atoms. The number of hydrogen-bond donors (Lipinski definition) is 0. The maximum Gasteiger partial charge on any atom is 0.228 e. The molecule has 2 aliphatic heterocycles. The number of piperidine rings is 1. The van der Waals surface area contributed by atoms with Crippen molar-refractivity contribution in [3.05, 3.63) is 35.7 Å².